The Morgan fingerprint density at radius 2 is 1.66 bits per heavy atom. The average Bonchev–Trinajstić information content (AvgIpc) is 2.71. The summed E-state index contributed by atoms with van der Waals surface area (Å²) in [5.74, 6) is 2.39. The van der Waals surface area contributed by atoms with Crippen LogP contribution in [0.3, 0.4) is 0 Å². The molecule has 0 heterocycles. The van der Waals surface area contributed by atoms with Gasteiger partial charge in [0.1, 0.15) is 0 Å². The largest absolute Gasteiger partial charge is 0.417 e. The van der Waals surface area contributed by atoms with Crippen LogP contribution in [0.4, 0.5) is 13.2 Å². The summed E-state index contributed by atoms with van der Waals surface area (Å²) in [5, 5.41) is 20.4. The number of hydrogen-bond donors (Lipinski definition) is 2. The zero-order valence-corrected chi connectivity index (χ0v) is 18.6. The molecule has 2 nitrogen and oxygen atoms in total. The molecule has 0 bridgehead atoms. The molecular weight excluding hydrogens is 377 g/mol. The van der Waals surface area contributed by atoms with Gasteiger partial charge in [0.05, 0.1) is 6.10 Å². The second kappa shape index (κ2) is 8.33. The average molecular weight is 419 g/mol. The molecule has 2 N–H and O–H groups in total. The van der Waals surface area contributed by atoms with E-state index in [1.165, 1.54) is 0 Å². The maximum atomic E-state index is 13.5. The van der Waals surface area contributed by atoms with Gasteiger partial charge in [-0.05, 0) is 92.8 Å². The predicted octanol–water partition coefficient (Wildman–Crippen LogP) is 6.35. The van der Waals surface area contributed by atoms with E-state index in [1.54, 1.807) is 0 Å². The van der Waals surface area contributed by atoms with Gasteiger partial charge in [-0.3, -0.25) is 0 Å². The summed E-state index contributed by atoms with van der Waals surface area (Å²) in [6, 6.07) is 0. The molecule has 0 aromatic rings. The first-order valence-electron chi connectivity index (χ1n) is 11.9. The van der Waals surface area contributed by atoms with Gasteiger partial charge in [-0.15, -0.1) is 0 Å². The van der Waals surface area contributed by atoms with Gasteiger partial charge in [-0.25, -0.2) is 0 Å². The van der Waals surface area contributed by atoms with Crippen molar-refractivity contribution in [3.8, 4) is 0 Å². The summed E-state index contributed by atoms with van der Waals surface area (Å²) in [5.41, 5.74) is -2.59. The normalized spacial score (nSPS) is 46.4. The minimum Gasteiger partial charge on any atom is -0.393 e. The van der Waals surface area contributed by atoms with Gasteiger partial charge >= 0.3 is 6.18 Å². The van der Waals surface area contributed by atoms with Gasteiger partial charge in [-0.1, -0.05) is 40.0 Å². The molecule has 29 heavy (non-hydrogen) atoms. The van der Waals surface area contributed by atoms with Crippen molar-refractivity contribution < 1.29 is 23.4 Å². The quantitative estimate of drug-likeness (QED) is 0.549. The third kappa shape index (κ3) is 4.37. The second-order valence-corrected chi connectivity index (χ2v) is 11.1. The lowest BCUT2D eigenvalue weighted by molar-refractivity contribution is -0.288. The highest BCUT2D eigenvalue weighted by molar-refractivity contribution is 5.06. The third-order valence-electron chi connectivity index (χ3n) is 9.65. The summed E-state index contributed by atoms with van der Waals surface area (Å²) in [6.07, 6.45) is 2.78. The zero-order chi connectivity index (χ0) is 21.6. The number of rotatable bonds is 2. The summed E-state index contributed by atoms with van der Waals surface area (Å²) >= 11 is 0. The van der Waals surface area contributed by atoms with Crippen LogP contribution in [0.5, 0.6) is 0 Å². The third-order valence-corrected chi connectivity index (χ3v) is 9.65. The highest BCUT2D eigenvalue weighted by atomic mass is 19.4. The van der Waals surface area contributed by atoms with Gasteiger partial charge < -0.3 is 10.2 Å². The molecule has 3 saturated carbocycles. The van der Waals surface area contributed by atoms with E-state index in [4.69, 9.17) is 0 Å². The van der Waals surface area contributed by atoms with Crippen LogP contribution >= 0.6 is 0 Å². The number of hydrogen-bond acceptors (Lipinski definition) is 2. The van der Waals surface area contributed by atoms with Gasteiger partial charge in [-0.2, -0.15) is 13.2 Å². The maximum Gasteiger partial charge on any atom is 0.417 e. The van der Waals surface area contributed by atoms with Crippen LogP contribution in [-0.2, 0) is 0 Å². The Labute approximate surface area is 174 Å². The molecule has 0 aromatic heterocycles. The number of aliphatic hydroxyl groups is 2. The molecule has 3 fully saturated rings. The van der Waals surface area contributed by atoms with Crippen molar-refractivity contribution >= 4 is 0 Å². The van der Waals surface area contributed by atoms with Crippen molar-refractivity contribution in [1.82, 2.24) is 0 Å². The van der Waals surface area contributed by atoms with Gasteiger partial charge in [0.2, 0.25) is 0 Å². The molecule has 0 saturated heterocycles. The van der Waals surface area contributed by atoms with E-state index in [2.05, 4.69) is 20.8 Å². The zero-order valence-electron chi connectivity index (χ0n) is 18.6. The van der Waals surface area contributed by atoms with Crippen LogP contribution in [0.25, 0.3) is 0 Å². The van der Waals surface area contributed by atoms with E-state index in [1.807, 2.05) is 6.92 Å². The molecule has 3 aliphatic rings. The molecule has 170 valence electrons. The van der Waals surface area contributed by atoms with Gasteiger partial charge in [0.15, 0.2) is 5.60 Å². The van der Waals surface area contributed by atoms with E-state index in [9.17, 15) is 23.4 Å². The van der Waals surface area contributed by atoms with Crippen molar-refractivity contribution in [2.45, 2.75) is 110 Å². The summed E-state index contributed by atoms with van der Waals surface area (Å²) in [6.45, 7) is 8.61. The van der Waals surface area contributed by atoms with Crippen molar-refractivity contribution in [1.29, 1.82) is 0 Å². The molecule has 3 rings (SSSR count). The fourth-order valence-corrected chi connectivity index (χ4v) is 7.26. The van der Waals surface area contributed by atoms with Gasteiger partial charge in [0.25, 0.3) is 0 Å². The van der Waals surface area contributed by atoms with E-state index < -0.39 is 11.8 Å². The van der Waals surface area contributed by atoms with E-state index in [0.717, 1.165) is 44.9 Å². The summed E-state index contributed by atoms with van der Waals surface area (Å²) in [4.78, 5) is 0. The molecule has 3 aliphatic carbocycles. The van der Waals surface area contributed by atoms with Crippen molar-refractivity contribution in [2.24, 2.45) is 40.9 Å². The molecule has 0 spiro atoms. The van der Waals surface area contributed by atoms with Gasteiger partial charge in [0, 0.05) is 0 Å². The molecule has 0 aliphatic heterocycles. The fourth-order valence-electron chi connectivity index (χ4n) is 7.26. The van der Waals surface area contributed by atoms with Crippen LogP contribution < -0.4 is 0 Å². The fraction of sp³-hybridized carbons (Fsp3) is 1.00. The maximum absolute atomic E-state index is 13.5. The van der Waals surface area contributed by atoms with Crippen LogP contribution in [0.2, 0.25) is 0 Å². The Balaban J connectivity index is 1.79. The molecule has 0 aromatic carbocycles. The Morgan fingerprint density at radius 3 is 2.28 bits per heavy atom. The highest BCUT2D eigenvalue weighted by Gasteiger charge is 2.62. The molecule has 0 radical (unpaired) electrons. The van der Waals surface area contributed by atoms with E-state index in [0.29, 0.717) is 36.0 Å². The first-order valence-corrected chi connectivity index (χ1v) is 11.9. The minimum absolute atomic E-state index is 0.0377. The monoisotopic (exact) mass is 418 g/mol. The predicted molar refractivity (Wildman–Crippen MR) is 109 cm³/mol. The number of halogens is 3. The lowest BCUT2D eigenvalue weighted by atomic mass is 9.48. The van der Waals surface area contributed by atoms with Crippen molar-refractivity contribution in [3.05, 3.63) is 0 Å². The summed E-state index contributed by atoms with van der Waals surface area (Å²) < 4.78 is 40.5. The van der Waals surface area contributed by atoms with Crippen molar-refractivity contribution in [2.75, 3.05) is 0 Å². The Hall–Kier alpha value is -0.290. The smallest absolute Gasteiger partial charge is 0.393 e. The van der Waals surface area contributed by atoms with Crippen LogP contribution in [0.15, 0.2) is 0 Å². The lowest BCUT2D eigenvalue weighted by Gasteiger charge is -2.58. The Kier molecular flexibility index (Phi) is 6.72. The Morgan fingerprint density at radius 1 is 0.966 bits per heavy atom. The van der Waals surface area contributed by atoms with Crippen LogP contribution in [-0.4, -0.2) is 28.1 Å². The first-order chi connectivity index (χ1) is 13.4. The number of aliphatic hydroxyl groups excluding tert-OH is 1. The molecule has 5 heteroatoms. The molecule has 9 atom stereocenters. The molecule has 0 amide bonds. The van der Waals surface area contributed by atoms with E-state index in [-0.39, 0.29) is 30.3 Å². The van der Waals surface area contributed by atoms with Crippen LogP contribution in [0, 0.1) is 40.9 Å². The first kappa shape index (κ1) is 23.4. The van der Waals surface area contributed by atoms with Crippen molar-refractivity contribution in [3.63, 3.8) is 0 Å². The highest BCUT2D eigenvalue weighted by Crippen LogP contribution is 2.62. The SMILES string of the molecule is C[C@@H]([C@@H]1CCC[C@H]2[C@@H](CC[C@H]3C[C@](O)(C(F)(F)F)CC[C@@]32C)[C@@H](C)CC1)[C@@H](C)O. The number of alkyl halides is 3. The lowest BCUT2D eigenvalue weighted by Crippen LogP contribution is -2.57. The molecular formula is C24H41F3O2. The Bertz CT molecular complexity index is 563. The minimum atomic E-state index is -4.53. The number of fused-ring (bicyclic) bond motifs is 3. The van der Waals surface area contributed by atoms with Crippen LogP contribution in [0.1, 0.15) is 91.9 Å². The van der Waals surface area contributed by atoms with E-state index >= 15 is 0 Å². The summed E-state index contributed by atoms with van der Waals surface area (Å²) in [7, 11) is 0. The standard InChI is InChI=1S/C24H41F3O2/c1-15-8-9-18(16(2)17(3)28)6-5-7-21-20(15)11-10-19-14-23(29,24(25,26)27)13-12-22(19,21)4/h15-21,28-29H,5-14H2,1-4H3/t15-,16+,17+,18+,19-,20-,21-,22-,23-/m0/s1. The topological polar surface area (TPSA) is 40.5 Å². The molecule has 0 unspecified atom stereocenters. The second-order valence-electron chi connectivity index (χ2n) is 11.1.